The summed E-state index contributed by atoms with van der Waals surface area (Å²) in [4.78, 5) is 14.4. The van der Waals surface area contributed by atoms with Crippen LogP contribution in [0, 0.1) is 6.92 Å². The topological polar surface area (TPSA) is 75.0 Å². The third-order valence-electron chi connectivity index (χ3n) is 4.51. The molecule has 6 nitrogen and oxygen atoms in total. The van der Waals surface area contributed by atoms with E-state index in [2.05, 4.69) is 29.2 Å². The molecule has 23 heavy (non-hydrogen) atoms. The Bertz CT molecular complexity index is 689. The van der Waals surface area contributed by atoms with Gasteiger partial charge >= 0.3 is 0 Å². The second kappa shape index (κ2) is 6.56. The number of aromatic nitrogens is 3. The van der Waals surface area contributed by atoms with E-state index >= 15 is 0 Å². The average molecular weight is 316 g/mol. The second-order valence-corrected chi connectivity index (χ2v) is 6.43. The molecule has 0 aliphatic carbocycles. The first-order chi connectivity index (χ1) is 11.1. The first-order valence-electron chi connectivity index (χ1n) is 8.34. The normalized spacial score (nSPS) is 15.5. The standard InChI is InChI=1S/C17H24N4O2/c1-4-5-11(2)17-14-10-21(7-6-15(14)18-19-17)16(22)9-13-8-12(3)20-23-13/h8,11H,4-7,9-10H2,1-3H3,(H,18,19). The fraction of sp³-hybridized carbons (Fsp3) is 0.588. The Labute approximate surface area is 136 Å². The van der Waals surface area contributed by atoms with Crippen LogP contribution in [-0.4, -0.2) is 32.7 Å². The van der Waals surface area contributed by atoms with Crippen molar-refractivity contribution in [2.24, 2.45) is 0 Å². The number of nitrogens with zero attached hydrogens (tertiary/aromatic N) is 3. The van der Waals surface area contributed by atoms with Crippen LogP contribution in [0.5, 0.6) is 0 Å². The summed E-state index contributed by atoms with van der Waals surface area (Å²) in [6.07, 6.45) is 3.36. The van der Waals surface area contributed by atoms with Crippen molar-refractivity contribution in [2.45, 2.75) is 58.9 Å². The fourth-order valence-electron chi connectivity index (χ4n) is 3.27. The van der Waals surface area contributed by atoms with Gasteiger partial charge in [-0.3, -0.25) is 9.89 Å². The molecule has 0 spiro atoms. The molecule has 0 saturated carbocycles. The predicted molar refractivity (Wildman–Crippen MR) is 86.0 cm³/mol. The van der Waals surface area contributed by atoms with Gasteiger partial charge in [0.25, 0.3) is 0 Å². The summed E-state index contributed by atoms with van der Waals surface area (Å²) >= 11 is 0. The van der Waals surface area contributed by atoms with Crippen LogP contribution in [0.4, 0.5) is 0 Å². The van der Waals surface area contributed by atoms with Crippen molar-refractivity contribution in [2.75, 3.05) is 6.54 Å². The highest BCUT2D eigenvalue weighted by Crippen LogP contribution is 2.28. The molecule has 0 fully saturated rings. The molecule has 0 aromatic carbocycles. The van der Waals surface area contributed by atoms with Crippen LogP contribution < -0.4 is 0 Å². The number of aromatic amines is 1. The Balaban J connectivity index is 1.71. The van der Waals surface area contributed by atoms with Gasteiger partial charge in [-0.25, -0.2) is 0 Å². The number of fused-ring (bicyclic) bond motifs is 1. The van der Waals surface area contributed by atoms with Gasteiger partial charge in [-0.05, 0) is 13.3 Å². The minimum Gasteiger partial charge on any atom is -0.361 e. The molecule has 1 amide bonds. The van der Waals surface area contributed by atoms with Gasteiger partial charge in [0.2, 0.25) is 5.91 Å². The third-order valence-corrected chi connectivity index (χ3v) is 4.51. The molecule has 6 heteroatoms. The lowest BCUT2D eigenvalue weighted by atomic mass is 9.95. The van der Waals surface area contributed by atoms with Crippen molar-refractivity contribution in [3.05, 3.63) is 34.5 Å². The zero-order valence-electron chi connectivity index (χ0n) is 14.1. The lowest BCUT2D eigenvalue weighted by Crippen LogP contribution is -2.37. The number of rotatable bonds is 5. The summed E-state index contributed by atoms with van der Waals surface area (Å²) in [6, 6.07) is 1.82. The molecule has 0 radical (unpaired) electrons. The van der Waals surface area contributed by atoms with E-state index in [0.29, 0.717) is 18.2 Å². The molecular weight excluding hydrogens is 292 g/mol. The Morgan fingerprint density at radius 2 is 2.35 bits per heavy atom. The minimum absolute atomic E-state index is 0.0853. The van der Waals surface area contributed by atoms with Crippen LogP contribution in [0.25, 0.3) is 0 Å². The van der Waals surface area contributed by atoms with Gasteiger partial charge in [0, 0.05) is 42.8 Å². The molecule has 1 unspecified atom stereocenters. The van der Waals surface area contributed by atoms with Crippen LogP contribution in [0.1, 0.15) is 61.0 Å². The quantitative estimate of drug-likeness (QED) is 0.920. The Morgan fingerprint density at radius 1 is 1.52 bits per heavy atom. The third kappa shape index (κ3) is 3.30. The summed E-state index contributed by atoms with van der Waals surface area (Å²) in [5.74, 6) is 1.14. The lowest BCUT2D eigenvalue weighted by molar-refractivity contribution is -0.131. The number of carbonyl (C=O) groups is 1. The van der Waals surface area contributed by atoms with Crippen molar-refractivity contribution in [1.82, 2.24) is 20.3 Å². The predicted octanol–water partition coefficient (Wildman–Crippen LogP) is 2.74. The highest BCUT2D eigenvalue weighted by molar-refractivity contribution is 5.78. The molecule has 1 N–H and O–H groups in total. The van der Waals surface area contributed by atoms with Crippen molar-refractivity contribution < 1.29 is 9.32 Å². The smallest absolute Gasteiger partial charge is 0.230 e. The lowest BCUT2D eigenvalue weighted by Gasteiger charge is -2.27. The van der Waals surface area contributed by atoms with E-state index in [1.165, 1.54) is 11.3 Å². The van der Waals surface area contributed by atoms with Crippen LogP contribution in [0.3, 0.4) is 0 Å². The highest BCUT2D eigenvalue weighted by Gasteiger charge is 2.27. The van der Waals surface area contributed by atoms with Gasteiger partial charge in [0.1, 0.15) is 5.76 Å². The first kappa shape index (κ1) is 15.8. The highest BCUT2D eigenvalue weighted by atomic mass is 16.5. The second-order valence-electron chi connectivity index (χ2n) is 6.43. The zero-order chi connectivity index (χ0) is 16.4. The maximum Gasteiger partial charge on any atom is 0.230 e. The summed E-state index contributed by atoms with van der Waals surface area (Å²) < 4.78 is 5.16. The van der Waals surface area contributed by atoms with Crippen molar-refractivity contribution in [3.8, 4) is 0 Å². The number of aryl methyl sites for hydroxylation is 1. The van der Waals surface area contributed by atoms with Crippen LogP contribution in [0.2, 0.25) is 0 Å². The van der Waals surface area contributed by atoms with Crippen molar-refractivity contribution >= 4 is 5.91 Å². The molecule has 1 atom stereocenters. The van der Waals surface area contributed by atoms with E-state index in [4.69, 9.17) is 4.52 Å². The van der Waals surface area contributed by atoms with Crippen molar-refractivity contribution in [1.29, 1.82) is 0 Å². The van der Waals surface area contributed by atoms with Gasteiger partial charge in [-0.15, -0.1) is 0 Å². The fourth-order valence-corrected chi connectivity index (χ4v) is 3.27. The largest absolute Gasteiger partial charge is 0.361 e. The SMILES string of the molecule is CCCC(C)c1n[nH]c2c1CN(C(=O)Cc1cc(C)no1)CC2. The van der Waals surface area contributed by atoms with Gasteiger partial charge in [0.05, 0.1) is 17.8 Å². The average Bonchev–Trinajstić information content (AvgIpc) is 3.13. The van der Waals surface area contributed by atoms with E-state index in [9.17, 15) is 4.79 Å². The number of nitrogens with one attached hydrogen (secondary N) is 1. The van der Waals surface area contributed by atoms with Gasteiger partial charge in [-0.2, -0.15) is 5.10 Å². The first-order valence-corrected chi connectivity index (χ1v) is 8.34. The molecule has 2 aromatic rings. The molecule has 3 heterocycles. The van der Waals surface area contributed by atoms with E-state index in [0.717, 1.165) is 37.2 Å². The van der Waals surface area contributed by atoms with Crippen LogP contribution in [-0.2, 0) is 24.2 Å². The Hall–Kier alpha value is -2.11. The summed E-state index contributed by atoms with van der Waals surface area (Å²) in [6.45, 7) is 7.62. The monoisotopic (exact) mass is 316 g/mol. The van der Waals surface area contributed by atoms with Gasteiger partial charge in [0.15, 0.2) is 0 Å². The summed E-state index contributed by atoms with van der Waals surface area (Å²) in [5.41, 5.74) is 4.32. The van der Waals surface area contributed by atoms with Crippen molar-refractivity contribution in [3.63, 3.8) is 0 Å². The van der Waals surface area contributed by atoms with Gasteiger partial charge in [-0.1, -0.05) is 25.4 Å². The number of hydrogen-bond acceptors (Lipinski definition) is 4. The Kier molecular flexibility index (Phi) is 4.50. The number of carbonyl (C=O) groups excluding carboxylic acids is 1. The number of amides is 1. The van der Waals surface area contributed by atoms with E-state index in [1.54, 1.807) is 0 Å². The molecule has 0 saturated heterocycles. The molecule has 124 valence electrons. The summed E-state index contributed by atoms with van der Waals surface area (Å²) in [5, 5.41) is 11.5. The summed E-state index contributed by atoms with van der Waals surface area (Å²) in [7, 11) is 0. The van der Waals surface area contributed by atoms with Crippen LogP contribution >= 0.6 is 0 Å². The maximum absolute atomic E-state index is 12.5. The maximum atomic E-state index is 12.5. The van der Waals surface area contributed by atoms with E-state index < -0.39 is 0 Å². The molecule has 2 aromatic heterocycles. The van der Waals surface area contributed by atoms with Crippen LogP contribution in [0.15, 0.2) is 10.6 Å². The van der Waals surface area contributed by atoms with E-state index in [1.807, 2.05) is 17.9 Å². The zero-order valence-corrected chi connectivity index (χ0v) is 14.1. The number of hydrogen-bond donors (Lipinski definition) is 1. The molecule has 3 rings (SSSR count). The number of H-pyrrole nitrogens is 1. The van der Waals surface area contributed by atoms with Gasteiger partial charge < -0.3 is 9.42 Å². The molecule has 1 aliphatic rings. The minimum atomic E-state index is 0.0853. The van der Waals surface area contributed by atoms with E-state index in [-0.39, 0.29) is 12.3 Å². The molecule has 1 aliphatic heterocycles. The Morgan fingerprint density at radius 3 is 3.04 bits per heavy atom. The molecular formula is C17H24N4O2. The molecule has 0 bridgehead atoms.